The first kappa shape index (κ1) is 19.6. The molecule has 0 heterocycles. The van der Waals surface area contributed by atoms with Gasteiger partial charge in [-0.1, -0.05) is 0 Å². The van der Waals surface area contributed by atoms with E-state index in [0.717, 1.165) is 0 Å². The highest BCUT2D eigenvalue weighted by atomic mass is 19.4. The fourth-order valence-electron chi connectivity index (χ4n) is 1.93. The van der Waals surface area contributed by atoms with Crippen LogP contribution in [-0.4, -0.2) is 5.91 Å². The van der Waals surface area contributed by atoms with E-state index < -0.39 is 58.1 Å². The van der Waals surface area contributed by atoms with Crippen LogP contribution in [0.4, 0.5) is 45.2 Å². The van der Waals surface area contributed by atoms with Gasteiger partial charge in [0.2, 0.25) is 0 Å². The van der Waals surface area contributed by atoms with E-state index in [-0.39, 0.29) is 18.2 Å². The first-order valence-corrected chi connectivity index (χ1v) is 6.55. The van der Waals surface area contributed by atoms with E-state index in [4.69, 9.17) is 0 Å². The Balaban J connectivity index is 2.46. The summed E-state index contributed by atoms with van der Waals surface area (Å²) in [6, 6.07) is 1.06. The second-order valence-corrected chi connectivity index (χ2v) is 4.97. The van der Waals surface area contributed by atoms with Crippen molar-refractivity contribution in [2.24, 2.45) is 0 Å². The summed E-state index contributed by atoms with van der Waals surface area (Å²) in [5.74, 6) is -7.14. The molecule has 0 aliphatic rings. The quantitative estimate of drug-likeness (QED) is 0.543. The van der Waals surface area contributed by atoms with Gasteiger partial charge in [-0.05, 0) is 30.3 Å². The summed E-state index contributed by atoms with van der Waals surface area (Å²) in [7, 11) is 0. The molecule has 0 spiro atoms. The lowest BCUT2D eigenvalue weighted by Gasteiger charge is -2.15. The Morgan fingerprint density at radius 2 is 1.27 bits per heavy atom. The number of carbonyl (C=O) groups excluding carboxylic acids is 1. The maximum absolute atomic E-state index is 13.5. The molecule has 0 atom stereocenters. The maximum Gasteiger partial charge on any atom is 0.416 e. The second kappa shape index (κ2) is 6.54. The molecule has 26 heavy (non-hydrogen) atoms. The van der Waals surface area contributed by atoms with Crippen LogP contribution in [-0.2, 0) is 12.4 Å². The molecular weight excluding hydrogens is 381 g/mol. The average molecular weight is 387 g/mol. The van der Waals surface area contributed by atoms with Crippen LogP contribution in [0.5, 0.6) is 0 Å². The van der Waals surface area contributed by atoms with Crippen molar-refractivity contribution < 1.29 is 44.3 Å². The zero-order chi connectivity index (χ0) is 19.9. The van der Waals surface area contributed by atoms with E-state index >= 15 is 0 Å². The van der Waals surface area contributed by atoms with E-state index in [2.05, 4.69) is 0 Å². The predicted molar refractivity (Wildman–Crippen MR) is 70.7 cm³/mol. The molecule has 1 amide bonds. The summed E-state index contributed by atoms with van der Waals surface area (Å²) in [5.41, 5.74) is -5.49. The molecule has 0 unspecified atom stereocenters. The van der Waals surface area contributed by atoms with E-state index in [1.807, 2.05) is 0 Å². The lowest BCUT2D eigenvalue weighted by atomic mass is 10.1. The van der Waals surface area contributed by atoms with Crippen LogP contribution in [0.15, 0.2) is 30.3 Å². The molecule has 2 nitrogen and oxygen atoms in total. The van der Waals surface area contributed by atoms with E-state index in [1.165, 1.54) is 0 Å². The van der Waals surface area contributed by atoms with Gasteiger partial charge in [-0.15, -0.1) is 0 Å². The number of rotatable bonds is 2. The molecule has 0 saturated heterocycles. The molecule has 2 aromatic carbocycles. The van der Waals surface area contributed by atoms with Crippen molar-refractivity contribution in [1.29, 1.82) is 0 Å². The number of hydrogen-bond donors (Lipinski definition) is 1. The molecule has 140 valence electrons. The van der Waals surface area contributed by atoms with Crippen LogP contribution < -0.4 is 5.32 Å². The Morgan fingerprint density at radius 1 is 0.769 bits per heavy atom. The molecule has 0 saturated carbocycles. The standard InChI is InChI=1S/C15H6F9NO/c16-10-2-1-9(11(17)12(10)18)13(26)25-8-4-6(14(19,20)21)3-7(5-8)15(22,23)24/h1-5H,(H,25,26). The lowest BCUT2D eigenvalue weighted by Crippen LogP contribution is -2.17. The Labute approximate surface area is 139 Å². The van der Waals surface area contributed by atoms with Crippen LogP contribution in [0, 0.1) is 17.5 Å². The SMILES string of the molecule is O=C(Nc1cc(C(F)(F)F)cc(C(F)(F)F)c1)c1ccc(F)c(F)c1F. The second-order valence-electron chi connectivity index (χ2n) is 4.97. The lowest BCUT2D eigenvalue weighted by molar-refractivity contribution is -0.143. The number of alkyl halides is 6. The van der Waals surface area contributed by atoms with Crippen molar-refractivity contribution in [3.63, 3.8) is 0 Å². The van der Waals surface area contributed by atoms with E-state index in [1.54, 1.807) is 5.32 Å². The minimum atomic E-state index is -5.16. The van der Waals surface area contributed by atoms with Gasteiger partial charge in [-0.25, -0.2) is 13.2 Å². The van der Waals surface area contributed by atoms with Gasteiger partial charge in [0.05, 0.1) is 16.7 Å². The number of halogens is 9. The van der Waals surface area contributed by atoms with Gasteiger partial charge >= 0.3 is 12.4 Å². The Bertz CT molecular complexity index is 823. The Hall–Kier alpha value is -2.72. The Morgan fingerprint density at radius 3 is 1.73 bits per heavy atom. The third-order valence-corrected chi connectivity index (χ3v) is 3.13. The summed E-state index contributed by atoms with van der Waals surface area (Å²) in [4.78, 5) is 11.8. The van der Waals surface area contributed by atoms with Crippen molar-refractivity contribution in [3.05, 3.63) is 64.5 Å². The summed E-state index contributed by atoms with van der Waals surface area (Å²) >= 11 is 0. The molecule has 0 aliphatic carbocycles. The molecule has 0 bridgehead atoms. The minimum Gasteiger partial charge on any atom is -0.322 e. The van der Waals surface area contributed by atoms with Crippen LogP contribution in [0.1, 0.15) is 21.5 Å². The third kappa shape index (κ3) is 4.09. The van der Waals surface area contributed by atoms with Gasteiger partial charge < -0.3 is 5.32 Å². The van der Waals surface area contributed by atoms with Gasteiger partial charge in [0, 0.05) is 5.69 Å². The molecular formula is C15H6F9NO. The molecule has 1 N–H and O–H groups in total. The number of amides is 1. The van der Waals surface area contributed by atoms with Crippen molar-refractivity contribution >= 4 is 11.6 Å². The topological polar surface area (TPSA) is 29.1 Å². The first-order chi connectivity index (χ1) is 11.8. The van der Waals surface area contributed by atoms with Crippen molar-refractivity contribution in [2.75, 3.05) is 5.32 Å². The Kier molecular flexibility index (Phi) is 4.93. The van der Waals surface area contributed by atoms with Crippen molar-refractivity contribution in [1.82, 2.24) is 0 Å². The van der Waals surface area contributed by atoms with Gasteiger partial charge in [0.25, 0.3) is 5.91 Å². The number of hydrogen-bond acceptors (Lipinski definition) is 1. The van der Waals surface area contributed by atoms with Crippen LogP contribution in [0.3, 0.4) is 0 Å². The zero-order valence-corrected chi connectivity index (χ0v) is 12.2. The normalized spacial score (nSPS) is 12.2. The molecule has 2 aromatic rings. The first-order valence-electron chi connectivity index (χ1n) is 6.55. The smallest absolute Gasteiger partial charge is 0.322 e. The van der Waals surface area contributed by atoms with Gasteiger partial charge in [-0.3, -0.25) is 4.79 Å². The summed E-state index contributed by atoms with van der Waals surface area (Å²) in [6.45, 7) is 0. The zero-order valence-electron chi connectivity index (χ0n) is 12.2. The van der Waals surface area contributed by atoms with Gasteiger partial charge in [0.1, 0.15) is 0 Å². The monoisotopic (exact) mass is 387 g/mol. The molecule has 0 aromatic heterocycles. The fourth-order valence-corrected chi connectivity index (χ4v) is 1.93. The number of benzene rings is 2. The third-order valence-electron chi connectivity index (χ3n) is 3.13. The van der Waals surface area contributed by atoms with E-state index in [0.29, 0.717) is 12.1 Å². The van der Waals surface area contributed by atoms with Crippen LogP contribution >= 0.6 is 0 Å². The predicted octanol–water partition coefficient (Wildman–Crippen LogP) is 5.39. The average Bonchev–Trinajstić information content (AvgIpc) is 2.50. The largest absolute Gasteiger partial charge is 0.416 e. The number of anilines is 1. The molecule has 2 rings (SSSR count). The number of carbonyl (C=O) groups is 1. The van der Waals surface area contributed by atoms with E-state index in [9.17, 15) is 44.3 Å². The molecule has 0 radical (unpaired) electrons. The highest BCUT2D eigenvalue weighted by Gasteiger charge is 2.37. The molecule has 11 heteroatoms. The van der Waals surface area contributed by atoms with Crippen LogP contribution in [0.25, 0.3) is 0 Å². The fraction of sp³-hybridized carbons (Fsp3) is 0.133. The minimum absolute atomic E-state index is 0.173. The van der Waals surface area contributed by atoms with Crippen LogP contribution in [0.2, 0.25) is 0 Å². The molecule has 0 fully saturated rings. The summed E-state index contributed by atoms with van der Waals surface area (Å²) in [6.07, 6.45) is -10.3. The molecule has 0 aliphatic heterocycles. The maximum atomic E-state index is 13.5. The van der Waals surface area contributed by atoms with Gasteiger partial charge in [0.15, 0.2) is 17.5 Å². The highest BCUT2D eigenvalue weighted by molar-refractivity contribution is 6.04. The summed E-state index contributed by atoms with van der Waals surface area (Å²) < 4.78 is 116. The van der Waals surface area contributed by atoms with Crippen molar-refractivity contribution in [2.45, 2.75) is 12.4 Å². The highest BCUT2D eigenvalue weighted by Crippen LogP contribution is 2.37. The summed E-state index contributed by atoms with van der Waals surface area (Å²) in [5, 5.41) is 1.60. The van der Waals surface area contributed by atoms with Crippen molar-refractivity contribution in [3.8, 4) is 0 Å². The van der Waals surface area contributed by atoms with Gasteiger partial charge in [-0.2, -0.15) is 26.3 Å². The number of nitrogens with one attached hydrogen (secondary N) is 1.